The van der Waals surface area contributed by atoms with Gasteiger partial charge in [0.05, 0.1) is 0 Å². The molecule has 0 nitrogen and oxygen atoms in total. The number of fused-ring (bicyclic) bond motifs is 1. The Kier molecular flexibility index (Phi) is 1.95. The van der Waals surface area contributed by atoms with E-state index in [0.29, 0.717) is 0 Å². The Morgan fingerprint density at radius 3 is 2.36 bits per heavy atom. The SMILES string of the molecule is CCC1CCC2CCC2C1C. The van der Waals surface area contributed by atoms with Gasteiger partial charge in [-0.1, -0.05) is 20.3 Å². The van der Waals surface area contributed by atoms with Crippen LogP contribution < -0.4 is 0 Å². The third kappa shape index (κ3) is 1.11. The van der Waals surface area contributed by atoms with Crippen LogP contribution in [0.1, 0.15) is 46.0 Å². The Hall–Kier alpha value is 0. The molecule has 2 saturated carbocycles. The van der Waals surface area contributed by atoms with E-state index in [9.17, 15) is 0 Å². The standard InChI is InChI=1S/C11H20/c1-3-9-4-5-10-6-7-11(10)8(9)2/h8-11H,3-7H2,1-2H3. The van der Waals surface area contributed by atoms with Crippen molar-refractivity contribution in [2.75, 3.05) is 0 Å². The molecule has 2 rings (SSSR count). The van der Waals surface area contributed by atoms with Crippen molar-refractivity contribution >= 4 is 0 Å². The normalized spacial score (nSPS) is 49.6. The van der Waals surface area contributed by atoms with E-state index in [1.165, 1.54) is 12.8 Å². The predicted molar refractivity (Wildman–Crippen MR) is 48.4 cm³/mol. The molecule has 0 aromatic heterocycles. The second-order valence-corrected chi connectivity index (χ2v) is 4.61. The molecule has 2 aliphatic rings. The zero-order valence-electron chi connectivity index (χ0n) is 7.84. The fraction of sp³-hybridized carbons (Fsp3) is 1.00. The van der Waals surface area contributed by atoms with Crippen LogP contribution in [-0.2, 0) is 0 Å². The van der Waals surface area contributed by atoms with E-state index >= 15 is 0 Å². The summed E-state index contributed by atoms with van der Waals surface area (Å²) in [6, 6.07) is 0. The second kappa shape index (κ2) is 2.80. The summed E-state index contributed by atoms with van der Waals surface area (Å²) in [7, 11) is 0. The number of rotatable bonds is 1. The lowest BCUT2D eigenvalue weighted by Gasteiger charge is -2.48. The van der Waals surface area contributed by atoms with Crippen LogP contribution in [0.5, 0.6) is 0 Å². The first-order chi connectivity index (χ1) is 5.33. The van der Waals surface area contributed by atoms with Crippen molar-refractivity contribution in [3.8, 4) is 0 Å². The first-order valence-corrected chi connectivity index (χ1v) is 5.33. The minimum absolute atomic E-state index is 1.05. The molecule has 0 radical (unpaired) electrons. The number of hydrogen-bond donors (Lipinski definition) is 0. The Balaban J connectivity index is 1.98. The minimum atomic E-state index is 1.05. The summed E-state index contributed by atoms with van der Waals surface area (Å²) < 4.78 is 0. The van der Waals surface area contributed by atoms with E-state index < -0.39 is 0 Å². The molecule has 11 heavy (non-hydrogen) atoms. The maximum atomic E-state index is 2.49. The zero-order valence-corrected chi connectivity index (χ0v) is 7.84. The summed E-state index contributed by atoms with van der Waals surface area (Å²) >= 11 is 0. The molecule has 0 aromatic rings. The summed E-state index contributed by atoms with van der Waals surface area (Å²) in [5, 5.41) is 0. The third-order valence-electron chi connectivity index (χ3n) is 4.33. The monoisotopic (exact) mass is 152 g/mol. The molecule has 2 fully saturated rings. The van der Waals surface area contributed by atoms with Crippen LogP contribution in [-0.4, -0.2) is 0 Å². The van der Waals surface area contributed by atoms with Crippen LogP contribution in [0.3, 0.4) is 0 Å². The molecule has 0 amide bonds. The third-order valence-corrected chi connectivity index (χ3v) is 4.33. The summed E-state index contributed by atoms with van der Waals surface area (Å²) in [6.45, 7) is 4.85. The van der Waals surface area contributed by atoms with Crippen LogP contribution in [0.15, 0.2) is 0 Å². The van der Waals surface area contributed by atoms with Gasteiger partial charge in [0.2, 0.25) is 0 Å². The Morgan fingerprint density at radius 2 is 1.82 bits per heavy atom. The van der Waals surface area contributed by atoms with Gasteiger partial charge in [-0.3, -0.25) is 0 Å². The molecule has 64 valence electrons. The van der Waals surface area contributed by atoms with Gasteiger partial charge >= 0.3 is 0 Å². The molecule has 0 N–H and O–H groups in total. The molecule has 0 heteroatoms. The van der Waals surface area contributed by atoms with Crippen LogP contribution in [0.4, 0.5) is 0 Å². The van der Waals surface area contributed by atoms with E-state index in [0.717, 1.165) is 23.7 Å². The van der Waals surface area contributed by atoms with Crippen molar-refractivity contribution in [3.63, 3.8) is 0 Å². The van der Waals surface area contributed by atoms with Crippen LogP contribution in [0.25, 0.3) is 0 Å². The van der Waals surface area contributed by atoms with E-state index in [4.69, 9.17) is 0 Å². The molecule has 4 atom stereocenters. The van der Waals surface area contributed by atoms with Gasteiger partial charge in [0.25, 0.3) is 0 Å². The average Bonchev–Trinajstić information content (AvgIpc) is 1.93. The van der Waals surface area contributed by atoms with E-state index in [2.05, 4.69) is 13.8 Å². The van der Waals surface area contributed by atoms with Crippen molar-refractivity contribution in [2.45, 2.75) is 46.0 Å². The number of hydrogen-bond acceptors (Lipinski definition) is 0. The highest BCUT2D eigenvalue weighted by molar-refractivity contribution is 4.91. The molecule has 4 unspecified atom stereocenters. The van der Waals surface area contributed by atoms with E-state index in [-0.39, 0.29) is 0 Å². The first-order valence-electron chi connectivity index (χ1n) is 5.33. The summed E-state index contributed by atoms with van der Waals surface area (Å²) in [5.74, 6) is 4.39. The fourth-order valence-corrected chi connectivity index (χ4v) is 3.26. The van der Waals surface area contributed by atoms with Gasteiger partial charge in [0.15, 0.2) is 0 Å². The molecule has 0 aromatic carbocycles. The van der Waals surface area contributed by atoms with E-state index in [1.807, 2.05) is 0 Å². The maximum Gasteiger partial charge on any atom is -0.0357 e. The molecule has 0 spiro atoms. The average molecular weight is 152 g/mol. The highest BCUT2D eigenvalue weighted by Gasteiger charge is 2.40. The van der Waals surface area contributed by atoms with Crippen LogP contribution in [0, 0.1) is 23.7 Å². The fourth-order valence-electron chi connectivity index (χ4n) is 3.26. The Morgan fingerprint density at radius 1 is 1.09 bits per heavy atom. The van der Waals surface area contributed by atoms with Crippen molar-refractivity contribution < 1.29 is 0 Å². The predicted octanol–water partition coefficient (Wildman–Crippen LogP) is 3.47. The minimum Gasteiger partial charge on any atom is -0.0651 e. The maximum absolute atomic E-state index is 2.49. The van der Waals surface area contributed by atoms with Crippen LogP contribution in [0.2, 0.25) is 0 Å². The molecule has 0 saturated heterocycles. The van der Waals surface area contributed by atoms with Gasteiger partial charge in [0, 0.05) is 0 Å². The first kappa shape index (κ1) is 7.64. The highest BCUT2D eigenvalue weighted by Crippen LogP contribution is 2.50. The smallest absolute Gasteiger partial charge is 0.0357 e. The summed E-state index contributed by atoms with van der Waals surface area (Å²) in [5.41, 5.74) is 0. The quantitative estimate of drug-likeness (QED) is 0.539. The highest BCUT2D eigenvalue weighted by atomic mass is 14.5. The van der Waals surface area contributed by atoms with Crippen molar-refractivity contribution in [2.24, 2.45) is 23.7 Å². The molecule has 0 bridgehead atoms. The summed E-state index contributed by atoms with van der Waals surface area (Å²) in [4.78, 5) is 0. The van der Waals surface area contributed by atoms with E-state index in [1.54, 1.807) is 19.3 Å². The molecular formula is C11H20. The van der Waals surface area contributed by atoms with Gasteiger partial charge < -0.3 is 0 Å². The Bertz CT molecular complexity index is 135. The Labute approximate surface area is 70.4 Å². The largest absolute Gasteiger partial charge is 0.0651 e. The molecule has 2 aliphatic carbocycles. The lowest BCUT2D eigenvalue weighted by Crippen LogP contribution is -2.39. The van der Waals surface area contributed by atoms with Gasteiger partial charge in [0.1, 0.15) is 0 Å². The van der Waals surface area contributed by atoms with Crippen molar-refractivity contribution in [1.82, 2.24) is 0 Å². The van der Waals surface area contributed by atoms with Gasteiger partial charge in [-0.05, 0) is 49.4 Å². The van der Waals surface area contributed by atoms with Crippen molar-refractivity contribution in [1.29, 1.82) is 0 Å². The van der Waals surface area contributed by atoms with Crippen molar-refractivity contribution in [3.05, 3.63) is 0 Å². The second-order valence-electron chi connectivity index (χ2n) is 4.61. The topological polar surface area (TPSA) is 0 Å². The van der Waals surface area contributed by atoms with Crippen LogP contribution >= 0.6 is 0 Å². The van der Waals surface area contributed by atoms with Gasteiger partial charge in [-0.15, -0.1) is 0 Å². The molecular weight excluding hydrogens is 132 g/mol. The summed E-state index contributed by atoms with van der Waals surface area (Å²) in [6.07, 6.45) is 7.59. The van der Waals surface area contributed by atoms with Gasteiger partial charge in [-0.2, -0.15) is 0 Å². The molecule has 0 aliphatic heterocycles. The lowest BCUT2D eigenvalue weighted by molar-refractivity contribution is 0.0191. The van der Waals surface area contributed by atoms with Gasteiger partial charge in [-0.25, -0.2) is 0 Å². The zero-order chi connectivity index (χ0) is 7.84. The molecule has 0 heterocycles. The lowest BCUT2D eigenvalue weighted by atomic mass is 9.57.